The Hall–Kier alpha value is -2.09. The third kappa shape index (κ3) is 4.32. The molecular weight excluding hydrogens is 400 g/mol. The number of halogens is 1. The highest BCUT2D eigenvalue weighted by Gasteiger charge is 2.26. The number of anilines is 1. The van der Waals surface area contributed by atoms with Crippen LogP contribution in [0.1, 0.15) is 35.2 Å². The molecule has 0 aromatic heterocycles. The molecule has 2 aromatic carbocycles. The molecule has 0 atom stereocenters. The number of rotatable bonds is 5. The molecule has 0 aliphatic carbocycles. The smallest absolute Gasteiger partial charge is 0.255 e. The summed E-state index contributed by atoms with van der Waals surface area (Å²) in [5.41, 5.74) is 1.52. The number of carbonyl (C=O) groups is 1. The zero-order valence-electron chi connectivity index (χ0n) is 15.9. The fraction of sp³-hybridized carbons (Fsp3) is 0.350. The van der Waals surface area contributed by atoms with Gasteiger partial charge in [0.25, 0.3) is 5.91 Å². The molecule has 0 bridgehead atoms. The fourth-order valence-electron chi connectivity index (χ4n) is 3.18. The Labute approximate surface area is 170 Å². The van der Waals surface area contributed by atoms with Gasteiger partial charge in [-0.2, -0.15) is 4.31 Å². The monoisotopic (exact) mass is 422 g/mol. The molecule has 1 aliphatic heterocycles. The summed E-state index contributed by atoms with van der Waals surface area (Å²) in [6, 6.07) is 9.44. The topological polar surface area (TPSA) is 75.7 Å². The van der Waals surface area contributed by atoms with E-state index in [1.807, 2.05) is 6.92 Å². The van der Waals surface area contributed by atoms with Crippen LogP contribution in [0.25, 0.3) is 0 Å². The van der Waals surface area contributed by atoms with Crippen LogP contribution in [0.3, 0.4) is 0 Å². The fourth-order valence-corrected chi connectivity index (χ4v) is 4.89. The average molecular weight is 423 g/mol. The van der Waals surface area contributed by atoms with E-state index >= 15 is 0 Å². The quantitative estimate of drug-likeness (QED) is 0.787. The Morgan fingerprint density at radius 3 is 2.54 bits per heavy atom. The molecule has 150 valence electrons. The Morgan fingerprint density at radius 1 is 1.14 bits per heavy atom. The molecule has 28 heavy (non-hydrogen) atoms. The van der Waals surface area contributed by atoms with Gasteiger partial charge in [-0.05, 0) is 49.6 Å². The highest BCUT2D eigenvalue weighted by Crippen LogP contribution is 2.31. The number of hydrogen-bond donors (Lipinski definition) is 1. The van der Waals surface area contributed by atoms with Crippen molar-refractivity contribution in [2.75, 3.05) is 25.5 Å². The van der Waals surface area contributed by atoms with Crippen molar-refractivity contribution in [1.82, 2.24) is 4.31 Å². The van der Waals surface area contributed by atoms with Gasteiger partial charge in [0.1, 0.15) is 5.75 Å². The molecule has 0 spiro atoms. The standard InChI is InChI=1S/C20H23ClN2O4S/c1-14-11-18(19(27-2)13-17(14)21)22-20(24)15-7-6-8-16(12-15)28(25,26)23-9-4-3-5-10-23/h6-8,11-13H,3-5,9-10H2,1-2H3,(H,22,24). The second-order valence-corrected chi connectivity index (χ2v) is 9.09. The molecule has 0 radical (unpaired) electrons. The van der Waals surface area contributed by atoms with Crippen LogP contribution in [0.15, 0.2) is 41.3 Å². The second kappa shape index (κ2) is 8.51. The van der Waals surface area contributed by atoms with Crippen molar-refractivity contribution in [1.29, 1.82) is 0 Å². The number of carbonyl (C=O) groups excluding carboxylic acids is 1. The van der Waals surface area contributed by atoms with E-state index in [0.717, 1.165) is 24.8 Å². The van der Waals surface area contributed by atoms with Crippen LogP contribution < -0.4 is 10.1 Å². The average Bonchev–Trinajstić information content (AvgIpc) is 2.71. The molecule has 0 unspecified atom stereocenters. The predicted octanol–water partition coefficient (Wildman–Crippen LogP) is 4.08. The first-order valence-corrected chi connectivity index (χ1v) is 10.9. The van der Waals surface area contributed by atoms with Crippen LogP contribution in [-0.2, 0) is 10.0 Å². The van der Waals surface area contributed by atoms with E-state index in [4.69, 9.17) is 16.3 Å². The molecule has 1 heterocycles. The van der Waals surface area contributed by atoms with Crippen LogP contribution in [0.5, 0.6) is 5.75 Å². The molecule has 8 heteroatoms. The number of piperidine rings is 1. The largest absolute Gasteiger partial charge is 0.495 e. The van der Waals surface area contributed by atoms with Crippen molar-refractivity contribution in [3.63, 3.8) is 0 Å². The SMILES string of the molecule is COc1cc(Cl)c(C)cc1NC(=O)c1cccc(S(=O)(=O)N2CCCCC2)c1. The first-order valence-electron chi connectivity index (χ1n) is 9.08. The van der Waals surface area contributed by atoms with Gasteiger partial charge in [-0.1, -0.05) is 24.1 Å². The molecule has 1 saturated heterocycles. The van der Waals surface area contributed by atoms with E-state index in [-0.39, 0.29) is 10.5 Å². The number of amides is 1. The minimum absolute atomic E-state index is 0.126. The number of benzene rings is 2. The summed E-state index contributed by atoms with van der Waals surface area (Å²) in [7, 11) is -2.12. The minimum Gasteiger partial charge on any atom is -0.495 e. The molecule has 1 aliphatic rings. The summed E-state index contributed by atoms with van der Waals surface area (Å²) in [6.45, 7) is 2.85. The van der Waals surface area contributed by atoms with E-state index in [0.29, 0.717) is 29.5 Å². The van der Waals surface area contributed by atoms with Crippen molar-refractivity contribution in [2.24, 2.45) is 0 Å². The van der Waals surface area contributed by atoms with Crippen molar-refractivity contribution < 1.29 is 17.9 Å². The van der Waals surface area contributed by atoms with Gasteiger partial charge in [0.2, 0.25) is 10.0 Å². The lowest BCUT2D eigenvalue weighted by molar-refractivity contribution is 0.102. The number of nitrogens with one attached hydrogen (secondary N) is 1. The summed E-state index contributed by atoms with van der Waals surface area (Å²) in [5.74, 6) is 0.0109. The lowest BCUT2D eigenvalue weighted by atomic mass is 10.1. The lowest BCUT2D eigenvalue weighted by Gasteiger charge is -2.26. The zero-order chi connectivity index (χ0) is 20.3. The van der Waals surface area contributed by atoms with E-state index < -0.39 is 15.9 Å². The highest BCUT2D eigenvalue weighted by atomic mass is 35.5. The van der Waals surface area contributed by atoms with Gasteiger partial charge >= 0.3 is 0 Å². The van der Waals surface area contributed by atoms with Crippen molar-refractivity contribution in [3.8, 4) is 5.75 Å². The molecule has 3 rings (SSSR count). The van der Waals surface area contributed by atoms with Gasteiger partial charge in [-0.25, -0.2) is 8.42 Å². The maximum atomic E-state index is 12.9. The van der Waals surface area contributed by atoms with Gasteiger partial charge in [0.05, 0.1) is 17.7 Å². The molecule has 1 amide bonds. The summed E-state index contributed by atoms with van der Waals surface area (Å²) in [6.07, 6.45) is 2.75. The Balaban J connectivity index is 1.86. The number of nitrogens with zero attached hydrogens (tertiary/aromatic N) is 1. The third-order valence-electron chi connectivity index (χ3n) is 4.78. The van der Waals surface area contributed by atoms with Crippen LogP contribution >= 0.6 is 11.6 Å². The van der Waals surface area contributed by atoms with Crippen LogP contribution in [0, 0.1) is 6.92 Å². The molecule has 2 aromatic rings. The summed E-state index contributed by atoms with van der Waals surface area (Å²) in [4.78, 5) is 12.9. The lowest BCUT2D eigenvalue weighted by Crippen LogP contribution is -2.35. The Morgan fingerprint density at radius 2 is 1.86 bits per heavy atom. The summed E-state index contributed by atoms with van der Waals surface area (Å²) < 4.78 is 32.5. The second-order valence-electron chi connectivity index (χ2n) is 6.75. The third-order valence-corrected chi connectivity index (χ3v) is 7.08. The number of aryl methyl sites for hydroxylation is 1. The number of methoxy groups -OCH3 is 1. The molecule has 0 saturated carbocycles. The maximum absolute atomic E-state index is 12.9. The Bertz CT molecular complexity index is 986. The van der Waals surface area contributed by atoms with Gasteiger partial charge < -0.3 is 10.1 Å². The van der Waals surface area contributed by atoms with Crippen LogP contribution in [0.2, 0.25) is 5.02 Å². The van der Waals surface area contributed by atoms with E-state index in [1.54, 1.807) is 24.3 Å². The first kappa shape index (κ1) is 20.6. The Kier molecular flexibility index (Phi) is 6.27. The zero-order valence-corrected chi connectivity index (χ0v) is 17.4. The van der Waals surface area contributed by atoms with Gasteiger partial charge in [0, 0.05) is 29.7 Å². The van der Waals surface area contributed by atoms with E-state index in [1.165, 1.54) is 23.5 Å². The van der Waals surface area contributed by atoms with E-state index in [9.17, 15) is 13.2 Å². The number of hydrogen-bond acceptors (Lipinski definition) is 4. The van der Waals surface area contributed by atoms with Crippen LogP contribution in [-0.4, -0.2) is 38.8 Å². The first-order chi connectivity index (χ1) is 13.3. The van der Waals surface area contributed by atoms with Crippen molar-refractivity contribution in [3.05, 3.63) is 52.5 Å². The summed E-state index contributed by atoms with van der Waals surface area (Å²) >= 11 is 6.10. The van der Waals surface area contributed by atoms with Gasteiger partial charge in [-0.15, -0.1) is 0 Å². The molecular formula is C20H23ClN2O4S. The van der Waals surface area contributed by atoms with Gasteiger partial charge in [0.15, 0.2) is 0 Å². The van der Waals surface area contributed by atoms with Crippen molar-refractivity contribution >= 4 is 33.2 Å². The van der Waals surface area contributed by atoms with Crippen LogP contribution in [0.4, 0.5) is 5.69 Å². The van der Waals surface area contributed by atoms with Gasteiger partial charge in [-0.3, -0.25) is 4.79 Å². The highest BCUT2D eigenvalue weighted by molar-refractivity contribution is 7.89. The minimum atomic E-state index is -3.60. The maximum Gasteiger partial charge on any atom is 0.255 e. The molecule has 1 N–H and O–H groups in total. The van der Waals surface area contributed by atoms with Crippen molar-refractivity contribution in [2.45, 2.75) is 31.1 Å². The summed E-state index contributed by atoms with van der Waals surface area (Å²) in [5, 5.41) is 3.30. The van der Waals surface area contributed by atoms with E-state index in [2.05, 4.69) is 5.32 Å². The molecule has 6 nitrogen and oxygen atoms in total. The number of sulfonamides is 1. The number of ether oxygens (including phenoxy) is 1. The molecule has 1 fully saturated rings. The predicted molar refractivity (Wildman–Crippen MR) is 110 cm³/mol. The normalized spacial score (nSPS) is 15.2.